The van der Waals surface area contributed by atoms with Crippen LogP contribution in [-0.4, -0.2) is 22.7 Å². The average Bonchev–Trinajstić information content (AvgIpc) is 2.38. The summed E-state index contributed by atoms with van der Waals surface area (Å²) in [6, 6.07) is 0.0340. The molecule has 0 aliphatic carbocycles. The highest BCUT2D eigenvalue weighted by Crippen LogP contribution is 2.21. The third-order valence-electron chi connectivity index (χ3n) is 3.08. The molecule has 0 saturated carbocycles. The Hall–Kier alpha value is -1.00. The topological polar surface area (TPSA) is 61.0 Å². The summed E-state index contributed by atoms with van der Waals surface area (Å²) in [5.74, 6) is 0. The first-order valence-corrected chi connectivity index (χ1v) is 5.98. The first-order chi connectivity index (χ1) is 7.86. The monoisotopic (exact) mass is 221 g/mol. The molecule has 1 saturated heterocycles. The van der Waals surface area contributed by atoms with E-state index < -0.39 is 0 Å². The second-order valence-corrected chi connectivity index (χ2v) is 4.34. The van der Waals surface area contributed by atoms with Gasteiger partial charge in [-0.25, -0.2) is 9.97 Å². The van der Waals surface area contributed by atoms with Gasteiger partial charge in [-0.2, -0.15) is 0 Å². The number of nitrogens with zero attached hydrogens (tertiary/aromatic N) is 2. The van der Waals surface area contributed by atoms with Crippen molar-refractivity contribution in [1.29, 1.82) is 0 Å². The summed E-state index contributed by atoms with van der Waals surface area (Å²) in [7, 11) is 0. The minimum Gasteiger partial charge on any atom is -0.378 e. The van der Waals surface area contributed by atoms with E-state index in [1.807, 2.05) is 0 Å². The van der Waals surface area contributed by atoms with Crippen molar-refractivity contribution in [3.8, 4) is 0 Å². The van der Waals surface area contributed by atoms with Crippen LogP contribution in [0.15, 0.2) is 18.7 Å². The fourth-order valence-electron chi connectivity index (χ4n) is 2.07. The molecule has 88 valence electrons. The van der Waals surface area contributed by atoms with Gasteiger partial charge in [-0.1, -0.05) is 0 Å². The molecule has 0 bridgehead atoms. The quantitative estimate of drug-likeness (QED) is 0.842. The van der Waals surface area contributed by atoms with Crippen molar-refractivity contribution in [2.45, 2.75) is 44.2 Å². The molecular weight excluding hydrogens is 202 g/mol. The predicted octanol–water partition coefficient (Wildman–Crippen LogP) is 1.83. The van der Waals surface area contributed by atoms with Crippen LogP contribution in [0, 0.1) is 0 Å². The minimum absolute atomic E-state index is 0.0340. The average molecular weight is 221 g/mol. The van der Waals surface area contributed by atoms with E-state index in [9.17, 15) is 0 Å². The summed E-state index contributed by atoms with van der Waals surface area (Å²) >= 11 is 0. The van der Waals surface area contributed by atoms with E-state index in [-0.39, 0.29) is 6.04 Å². The summed E-state index contributed by atoms with van der Waals surface area (Å²) in [5, 5.41) is 0. The Kier molecular flexibility index (Phi) is 4.25. The lowest BCUT2D eigenvalue weighted by Gasteiger charge is -2.23. The molecule has 1 aliphatic rings. The van der Waals surface area contributed by atoms with Crippen LogP contribution in [0.1, 0.15) is 43.7 Å². The Balaban J connectivity index is 1.77. The van der Waals surface area contributed by atoms with E-state index in [0.717, 1.165) is 25.0 Å². The van der Waals surface area contributed by atoms with Gasteiger partial charge in [-0.05, 0) is 32.1 Å². The minimum atomic E-state index is 0.0340. The van der Waals surface area contributed by atoms with E-state index in [4.69, 9.17) is 10.5 Å². The summed E-state index contributed by atoms with van der Waals surface area (Å²) in [5.41, 5.74) is 7.09. The number of rotatable bonds is 4. The molecule has 0 amide bonds. The number of nitrogens with two attached hydrogens (primary N) is 1. The molecule has 4 nitrogen and oxygen atoms in total. The van der Waals surface area contributed by atoms with Crippen molar-refractivity contribution < 1.29 is 4.74 Å². The molecular formula is C12H19N3O. The lowest BCUT2D eigenvalue weighted by atomic mass is 9.99. The van der Waals surface area contributed by atoms with Crippen LogP contribution in [-0.2, 0) is 4.74 Å². The number of aromatic nitrogens is 2. The predicted molar refractivity (Wildman–Crippen MR) is 61.8 cm³/mol. The Morgan fingerprint density at radius 1 is 1.38 bits per heavy atom. The fourth-order valence-corrected chi connectivity index (χ4v) is 2.07. The first kappa shape index (κ1) is 11.5. The normalized spacial score (nSPS) is 22.9. The molecule has 0 aromatic carbocycles. The zero-order chi connectivity index (χ0) is 11.2. The summed E-state index contributed by atoms with van der Waals surface area (Å²) in [4.78, 5) is 7.96. The Bertz CT molecular complexity index is 298. The number of ether oxygens (including phenoxy) is 1. The van der Waals surface area contributed by atoms with E-state index in [1.54, 1.807) is 12.4 Å². The van der Waals surface area contributed by atoms with Crippen molar-refractivity contribution >= 4 is 0 Å². The highest BCUT2D eigenvalue weighted by atomic mass is 16.5. The molecule has 2 heterocycles. The molecule has 0 spiro atoms. The molecule has 2 N–H and O–H groups in total. The van der Waals surface area contributed by atoms with Crippen LogP contribution in [0.5, 0.6) is 0 Å². The van der Waals surface area contributed by atoms with Gasteiger partial charge < -0.3 is 10.5 Å². The van der Waals surface area contributed by atoms with Crippen molar-refractivity contribution in [2.24, 2.45) is 5.73 Å². The van der Waals surface area contributed by atoms with E-state index in [2.05, 4.69) is 9.97 Å². The molecule has 1 aromatic heterocycles. The molecule has 0 radical (unpaired) electrons. The van der Waals surface area contributed by atoms with Gasteiger partial charge in [0.25, 0.3) is 0 Å². The maximum Gasteiger partial charge on any atom is 0.115 e. The van der Waals surface area contributed by atoms with E-state index in [1.165, 1.54) is 25.6 Å². The van der Waals surface area contributed by atoms with Gasteiger partial charge in [0, 0.05) is 30.6 Å². The zero-order valence-electron chi connectivity index (χ0n) is 9.51. The van der Waals surface area contributed by atoms with Gasteiger partial charge in [-0.15, -0.1) is 0 Å². The van der Waals surface area contributed by atoms with Crippen LogP contribution >= 0.6 is 0 Å². The molecule has 1 aliphatic heterocycles. The molecule has 16 heavy (non-hydrogen) atoms. The van der Waals surface area contributed by atoms with Gasteiger partial charge >= 0.3 is 0 Å². The van der Waals surface area contributed by atoms with Crippen molar-refractivity contribution in [2.75, 3.05) is 6.61 Å². The number of hydrogen-bond donors (Lipinski definition) is 1. The van der Waals surface area contributed by atoms with Crippen molar-refractivity contribution in [3.05, 3.63) is 24.3 Å². The highest BCUT2D eigenvalue weighted by molar-refractivity contribution is 5.07. The second kappa shape index (κ2) is 5.92. The maximum atomic E-state index is 6.08. The first-order valence-electron chi connectivity index (χ1n) is 5.98. The van der Waals surface area contributed by atoms with Crippen LogP contribution in [0.25, 0.3) is 0 Å². The number of hydrogen-bond acceptors (Lipinski definition) is 4. The third-order valence-corrected chi connectivity index (χ3v) is 3.08. The molecule has 1 fully saturated rings. The van der Waals surface area contributed by atoms with Gasteiger partial charge in [0.05, 0.1) is 6.10 Å². The fraction of sp³-hybridized carbons (Fsp3) is 0.667. The lowest BCUT2D eigenvalue weighted by molar-refractivity contribution is 0.00911. The van der Waals surface area contributed by atoms with Crippen molar-refractivity contribution in [3.63, 3.8) is 0 Å². The Morgan fingerprint density at radius 3 is 2.88 bits per heavy atom. The molecule has 2 atom stereocenters. The third kappa shape index (κ3) is 3.25. The smallest absolute Gasteiger partial charge is 0.115 e. The van der Waals surface area contributed by atoms with Crippen LogP contribution in [0.3, 0.4) is 0 Å². The Morgan fingerprint density at radius 2 is 2.19 bits per heavy atom. The molecule has 2 rings (SSSR count). The van der Waals surface area contributed by atoms with E-state index in [0.29, 0.717) is 6.10 Å². The Labute approximate surface area is 96.2 Å². The van der Waals surface area contributed by atoms with Crippen LogP contribution in [0.4, 0.5) is 0 Å². The van der Waals surface area contributed by atoms with Gasteiger partial charge in [0.2, 0.25) is 0 Å². The van der Waals surface area contributed by atoms with Crippen LogP contribution < -0.4 is 5.73 Å². The van der Waals surface area contributed by atoms with Crippen molar-refractivity contribution in [1.82, 2.24) is 9.97 Å². The van der Waals surface area contributed by atoms with Gasteiger partial charge in [0.15, 0.2) is 0 Å². The summed E-state index contributed by atoms with van der Waals surface area (Å²) in [6.07, 6.45) is 11.2. The molecule has 4 heteroatoms. The van der Waals surface area contributed by atoms with E-state index >= 15 is 0 Å². The van der Waals surface area contributed by atoms with Gasteiger partial charge in [-0.3, -0.25) is 0 Å². The molecule has 1 aromatic rings. The standard InChI is InChI=1S/C12H19N3O/c13-12(10-7-14-9-15-8-10)5-4-11-3-1-2-6-16-11/h7-9,11-12H,1-6,13H2. The second-order valence-electron chi connectivity index (χ2n) is 4.34. The highest BCUT2D eigenvalue weighted by Gasteiger charge is 2.15. The zero-order valence-corrected chi connectivity index (χ0v) is 9.51. The largest absolute Gasteiger partial charge is 0.378 e. The SMILES string of the molecule is NC(CCC1CCCCO1)c1cncnc1. The lowest BCUT2D eigenvalue weighted by Crippen LogP contribution is -2.21. The summed E-state index contributed by atoms with van der Waals surface area (Å²) < 4.78 is 5.68. The molecule has 2 unspecified atom stereocenters. The van der Waals surface area contributed by atoms with Gasteiger partial charge in [0.1, 0.15) is 6.33 Å². The summed E-state index contributed by atoms with van der Waals surface area (Å²) in [6.45, 7) is 0.911. The van der Waals surface area contributed by atoms with Crippen LogP contribution in [0.2, 0.25) is 0 Å². The maximum absolute atomic E-state index is 6.08.